The van der Waals surface area contributed by atoms with Gasteiger partial charge in [-0.25, -0.2) is 4.90 Å². The van der Waals surface area contributed by atoms with Crippen molar-refractivity contribution in [3.63, 3.8) is 0 Å². The van der Waals surface area contributed by atoms with Crippen LogP contribution in [0, 0.1) is 6.92 Å². The van der Waals surface area contributed by atoms with Gasteiger partial charge in [-0.15, -0.1) is 0 Å². The molecule has 0 bridgehead atoms. The van der Waals surface area contributed by atoms with Gasteiger partial charge in [0, 0.05) is 31.7 Å². The first-order valence-corrected chi connectivity index (χ1v) is 11.2. The number of methoxy groups -OCH3 is 1. The van der Waals surface area contributed by atoms with Crippen molar-refractivity contribution in [3.05, 3.63) is 59.7 Å². The smallest absolute Gasteiger partial charge is 0.257 e. The lowest BCUT2D eigenvalue weighted by molar-refractivity contribution is -0.122. The summed E-state index contributed by atoms with van der Waals surface area (Å²) in [7, 11) is 1.56. The lowest BCUT2D eigenvalue weighted by Crippen LogP contribution is -2.49. The number of imide groups is 1. The van der Waals surface area contributed by atoms with Gasteiger partial charge in [0.2, 0.25) is 5.91 Å². The maximum absolute atomic E-state index is 13.5. The Kier molecular flexibility index (Phi) is 7.05. The van der Waals surface area contributed by atoms with Gasteiger partial charge >= 0.3 is 0 Å². The van der Waals surface area contributed by atoms with Crippen molar-refractivity contribution in [1.29, 1.82) is 0 Å². The third kappa shape index (κ3) is 5.07. The molecule has 0 N–H and O–H groups in total. The van der Waals surface area contributed by atoms with Crippen LogP contribution < -0.4 is 9.64 Å². The third-order valence-corrected chi connectivity index (χ3v) is 6.15. The van der Waals surface area contributed by atoms with Crippen LogP contribution in [-0.2, 0) is 14.3 Å². The summed E-state index contributed by atoms with van der Waals surface area (Å²) >= 11 is 0. The minimum atomic E-state index is -0.838. The zero-order valence-electron chi connectivity index (χ0n) is 19.0. The zero-order chi connectivity index (χ0) is 23.4. The van der Waals surface area contributed by atoms with Crippen LogP contribution in [0.15, 0.2) is 48.5 Å². The number of ether oxygens (including phenoxy) is 2. The monoisotopic (exact) mass is 451 g/mol. The molecule has 2 saturated heterocycles. The van der Waals surface area contributed by atoms with E-state index in [1.807, 2.05) is 19.1 Å². The van der Waals surface area contributed by atoms with Crippen LogP contribution in [0.2, 0.25) is 0 Å². The van der Waals surface area contributed by atoms with Crippen molar-refractivity contribution in [2.24, 2.45) is 0 Å². The molecule has 2 aromatic carbocycles. The molecule has 0 radical (unpaired) electrons. The summed E-state index contributed by atoms with van der Waals surface area (Å²) in [5.41, 5.74) is 2.03. The summed E-state index contributed by atoms with van der Waals surface area (Å²) in [5, 5.41) is 0. The Morgan fingerprint density at radius 3 is 2.36 bits per heavy atom. The summed E-state index contributed by atoms with van der Waals surface area (Å²) in [4.78, 5) is 44.7. The summed E-state index contributed by atoms with van der Waals surface area (Å²) in [6.45, 7) is 5.78. The Labute approximate surface area is 193 Å². The Balaban J connectivity index is 1.57. The minimum Gasteiger partial charge on any atom is -0.497 e. The van der Waals surface area contributed by atoms with Crippen molar-refractivity contribution in [2.45, 2.75) is 19.4 Å². The first-order chi connectivity index (χ1) is 16.0. The minimum absolute atomic E-state index is 0.0361. The van der Waals surface area contributed by atoms with Gasteiger partial charge in [-0.1, -0.05) is 17.7 Å². The van der Waals surface area contributed by atoms with Gasteiger partial charge in [-0.05, 0) is 43.3 Å². The lowest BCUT2D eigenvalue weighted by atomic mass is 10.1. The van der Waals surface area contributed by atoms with E-state index >= 15 is 0 Å². The highest BCUT2D eigenvalue weighted by atomic mass is 16.5. The number of carbonyl (C=O) groups is 3. The predicted octanol–water partition coefficient (Wildman–Crippen LogP) is 2.11. The molecule has 2 heterocycles. The Morgan fingerprint density at radius 2 is 1.73 bits per heavy atom. The number of hydrogen-bond acceptors (Lipinski definition) is 6. The second kappa shape index (κ2) is 10.1. The van der Waals surface area contributed by atoms with Gasteiger partial charge in [-0.2, -0.15) is 0 Å². The highest BCUT2D eigenvalue weighted by molar-refractivity contribution is 6.23. The highest BCUT2D eigenvalue weighted by Gasteiger charge is 2.44. The number of carbonyl (C=O) groups excluding carboxylic acids is 3. The highest BCUT2D eigenvalue weighted by Crippen LogP contribution is 2.28. The molecule has 174 valence electrons. The molecule has 4 rings (SSSR count). The number of hydrogen-bond donors (Lipinski definition) is 0. The Morgan fingerprint density at radius 1 is 1.06 bits per heavy atom. The number of rotatable bonds is 7. The van der Waals surface area contributed by atoms with Gasteiger partial charge in [0.05, 0.1) is 32.4 Å². The molecule has 2 aliphatic heterocycles. The van der Waals surface area contributed by atoms with Crippen molar-refractivity contribution in [2.75, 3.05) is 51.4 Å². The second-order valence-electron chi connectivity index (χ2n) is 8.30. The van der Waals surface area contributed by atoms with Gasteiger partial charge in [0.15, 0.2) is 0 Å². The Hall–Kier alpha value is -3.23. The van der Waals surface area contributed by atoms with Crippen LogP contribution >= 0.6 is 0 Å². The number of amides is 3. The van der Waals surface area contributed by atoms with Crippen molar-refractivity contribution < 1.29 is 23.9 Å². The molecule has 0 aliphatic carbocycles. The molecular formula is C25H29N3O5. The topological polar surface area (TPSA) is 79.4 Å². The van der Waals surface area contributed by atoms with Gasteiger partial charge < -0.3 is 14.4 Å². The first-order valence-electron chi connectivity index (χ1n) is 11.2. The van der Waals surface area contributed by atoms with Crippen molar-refractivity contribution in [3.8, 4) is 5.75 Å². The Bertz CT molecular complexity index is 1000. The number of nitrogens with zero attached hydrogens (tertiary/aromatic N) is 3. The van der Waals surface area contributed by atoms with Crippen LogP contribution in [0.25, 0.3) is 0 Å². The molecular weight excluding hydrogens is 422 g/mol. The normalized spacial score (nSPS) is 19.1. The van der Waals surface area contributed by atoms with Crippen LogP contribution in [0.4, 0.5) is 5.69 Å². The van der Waals surface area contributed by atoms with E-state index in [2.05, 4.69) is 4.90 Å². The third-order valence-electron chi connectivity index (χ3n) is 6.15. The summed E-state index contributed by atoms with van der Waals surface area (Å²) in [5.74, 6) is -0.307. The van der Waals surface area contributed by atoms with E-state index in [4.69, 9.17) is 9.47 Å². The van der Waals surface area contributed by atoms with Crippen LogP contribution in [0.1, 0.15) is 22.3 Å². The molecule has 3 amide bonds. The van der Waals surface area contributed by atoms with E-state index in [9.17, 15) is 14.4 Å². The van der Waals surface area contributed by atoms with E-state index in [0.29, 0.717) is 43.3 Å². The standard InChI is InChI=1S/C25H29N3O5/c1-18-3-5-19(6-4-18)24(30)27(12-11-26-13-15-33-16-14-26)22-17-23(29)28(25(22)31)20-7-9-21(32-2)10-8-20/h3-10,22H,11-17H2,1-2H3. The molecule has 1 unspecified atom stereocenters. The predicted molar refractivity (Wildman–Crippen MR) is 123 cm³/mol. The largest absolute Gasteiger partial charge is 0.497 e. The van der Waals surface area contributed by atoms with E-state index in [-0.39, 0.29) is 24.1 Å². The first kappa shape index (κ1) is 22.9. The molecule has 33 heavy (non-hydrogen) atoms. The molecule has 2 aromatic rings. The van der Waals surface area contributed by atoms with Crippen molar-refractivity contribution >= 4 is 23.4 Å². The van der Waals surface area contributed by atoms with Crippen LogP contribution in [0.5, 0.6) is 5.75 Å². The van der Waals surface area contributed by atoms with Crippen molar-refractivity contribution in [1.82, 2.24) is 9.80 Å². The SMILES string of the molecule is COc1ccc(N2C(=O)CC(N(CCN3CCOCC3)C(=O)c3ccc(C)cc3)C2=O)cc1. The fourth-order valence-corrected chi connectivity index (χ4v) is 4.20. The van der Waals surface area contributed by atoms with E-state index in [1.54, 1.807) is 48.4 Å². The van der Waals surface area contributed by atoms with Crippen LogP contribution in [-0.4, -0.2) is 80.1 Å². The van der Waals surface area contributed by atoms with Gasteiger partial charge in [0.1, 0.15) is 11.8 Å². The molecule has 2 fully saturated rings. The number of aryl methyl sites for hydroxylation is 1. The average molecular weight is 452 g/mol. The fourth-order valence-electron chi connectivity index (χ4n) is 4.20. The van der Waals surface area contributed by atoms with E-state index in [0.717, 1.165) is 18.7 Å². The maximum Gasteiger partial charge on any atom is 0.257 e. The lowest BCUT2D eigenvalue weighted by Gasteiger charge is -2.32. The van der Waals surface area contributed by atoms with E-state index in [1.165, 1.54) is 4.90 Å². The molecule has 1 atom stereocenters. The molecule has 2 aliphatic rings. The molecule has 0 saturated carbocycles. The maximum atomic E-state index is 13.5. The number of benzene rings is 2. The molecule has 8 nitrogen and oxygen atoms in total. The molecule has 8 heteroatoms. The van der Waals surface area contributed by atoms with Crippen LogP contribution in [0.3, 0.4) is 0 Å². The quantitative estimate of drug-likeness (QED) is 0.600. The molecule has 0 aromatic heterocycles. The zero-order valence-corrected chi connectivity index (χ0v) is 19.0. The van der Waals surface area contributed by atoms with E-state index < -0.39 is 6.04 Å². The number of morpholine rings is 1. The van der Waals surface area contributed by atoms with Gasteiger partial charge in [0.25, 0.3) is 11.8 Å². The molecule has 0 spiro atoms. The average Bonchev–Trinajstić information content (AvgIpc) is 3.13. The summed E-state index contributed by atoms with van der Waals surface area (Å²) in [6.07, 6.45) is -0.0361. The summed E-state index contributed by atoms with van der Waals surface area (Å²) in [6, 6.07) is 13.2. The fraction of sp³-hybridized carbons (Fsp3) is 0.400. The number of anilines is 1. The summed E-state index contributed by atoms with van der Waals surface area (Å²) < 4.78 is 10.6. The second-order valence-corrected chi connectivity index (χ2v) is 8.30. The van der Waals surface area contributed by atoms with Gasteiger partial charge in [-0.3, -0.25) is 19.3 Å².